The molecule has 0 heterocycles. The van der Waals surface area contributed by atoms with E-state index in [-0.39, 0.29) is 0 Å². The van der Waals surface area contributed by atoms with E-state index in [4.69, 9.17) is 6.42 Å². The summed E-state index contributed by atoms with van der Waals surface area (Å²) >= 11 is 0. The van der Waals surface area contributed by atoms with Crippen molar-refractivity contribution in [3.63, 3.8) is 0 Å². The Kier molecular flexibility index (Phi) is 5.65. The molecule has 0 fully saturated rings. The lowest BCUT2D eigenvalue weighted by molar-refractivity contribution is 0.700. The molecule has 0 radical (unpaired) electrons. The number of unbranched alkanes of at least 4 members (excludes halogenated alkanes) is 1. The van der Waals surface area contributed by atoms with Crippen molar-refractivity contribution in [1.82, 2.24) is 0 Å². The molecule has 0 spiro atoms. The molecule has 0 amide bonds. The summed E-state index contributed by atoms with van der Waals surface area (Å²) in [5.41, 5.74) is 1.44. The van der Waals surface area contributed by atoms with Gasteiger partial charge in [0.15, 0.2) is 0 Å². The van der Waals surface area contributed by atoms with Crippen molar-refractivity contribution in [2.24, 2.45) is 5.92 Å². The number of hydrogen-bond donors (Lipinski definition) is 0. The van der Waals surface area contributed by atoms with E-state index < -0.39 is 0 Å². The van der Waals surface area contributed by atoms with Crippen LogP contribution in [0, 0.1) is 18.3 Å². The molecule has 1 unspecified atom stereocenters. The largest absolute Gasteiger partial charge is 0.120 e. The van der Waals surface area contributed by atoms with Gasteiger partial charge in [0.2, 0.25) is 0 Å². The standard InChI is InChI=1S/C11H18/c1-5-7-9-11(4)10(3)8-6-2/h2,9-10H,5,7-8H2,1,3-4H3. The van der Waals surface area contributed by atoms with Crippen LogP contribution in [0.3, 0.4) is 0 Å². The number of terminal acetylenes is 1. The molecule has 0 aromatic carbocycles. The first-order chi connectivity index (χ1) is 5.22. The molecule has 0 aliphatic carbocycles. The Morgan fingerprint density at radius 3 is 2.73 bits per heavy atom. The molecule has 1 atom stereocenters. The fourth-order valence-corrected chi connectivity index (χ4v) is 0.911. The van der Waals surface area contributed by atoms with Gasteiger partial charge in [-0.3, -0.25) is 0 Å². The van der Waals surface area contributed by atoms with Crippen molar-refractivity contribution in [3.8, 4) is 12.3 Å². The summed E-state index contributed by atoms with van der Waals surface area (Å²) in [5.74, 6) is 3.25. The summed E-state index contributed by atoms with van der Waals surface area (Å²) in [7, 11) is 0. The molecule has 11 heavy (non-hydrogen) atoms. The summed E-state index contributed by atoms with van der Waals surface area (Å²) in [4.78, 5) is 0. The Hall–Kier alpha value is -0.700. The van der Waals surface area contributed by atoms with Crippen molar-refractivity contribution in [1.29, 1.82) is 0 Å². The number of allylic oxidation sites excluding steroid dienone is 2. The second-order valence-electron chi connectivity index (χ2n) is 3.05. The topological polar surface area (TPSA) is 0 Å². The third-order valence-corrected chi connectivity index (χ3v) is 1.96. The molecule has 0 rings (SSSR count). The fourth-order valence-electron chi connectivity index (χ4n) is 0.911. The highest BCUT2D eigenvalue weighted by molar-refractivity contribution is 5.05. The first-order valence-corrected chi connectivity index (χ1v) is 4.32. The van der Waals surface area contributed by atoms with Crippen molar-refractivity contribution < 1.29 is 0 Å². The second kappa shape index (κ2) is 6.04. The van der Waals surface area contributed by atoms with E-state index in [1.807, 2.05) is 0 Å². The molecule has 0 nitrogen and oxygen atoms in total. The van der Waals surface area contributed by atoms with Crippen LogP contribution >= 0.6 is 0 Å². The van der Waals surface area contributed by atoms with Crippen molar-refractivity contribution in [2.75, 3.05) is 0 Å². The maximum Gasteiger partial charge on any atom is 0.0149 e. The molecule has 0 aromatic rings. The third-order valence-electron chi connectivity index (χ3n) is 1.96. The molecule has 0 bridgehead atoms. The van der Waals surface area contributed by atoms with Gasteiger partial charge in [0, 0.05) is 6.42 Å². The normalized spacial score (nSPS) is 14.2. The lowest BCUT2D eigenvalue weighted by Crippen LogP contribution is -1.94. The van der Waals surface area contributed by atoms with Gasteiger partial charge in [-0.25, -0.2) is 0 Å². The highest BCUT2D eigenvalue weighted by Gasteiger charge is 2.00. The van der Waals surface area contributed by atoms with E-state index in [0.29, 0.717) is 5.92 Å². The molecule has 0 aliphatic rings. The van der Waals surface area contributed by atoms with Gasteiger partial charge in [-0.1, -0.05) is 31.9 Å². The molecule has 0 heteroatoms. The molecule has 0 N–H and O–H groups in total. The van der Waals surface area contributed by atoms with Crippen LogP contribution in [0.4, 0.5) is 0 Å². The summed E-state index contributed by atoms with van der Waals surface area (Å²) in [5, 5.41) is 0. The van der Waals surface area contributed by atoms with E-state index >= 15 is 0 Å². The number of rotatable bonds is 4. The van der Waals surface area contributed by atoms with Gasteiger partial charge in [-0.05, 0) is 19.3 Å². The molecule has 0 saturated heterocycles. The molecular weight excluding hydrogens is 132 g/mol. The van der Waals surface area contributed by atoms with Crippen LogP contribution in [0.25, 0.3) is 0 Å². The third kappa shape index (κ3) is 4.67. The molecule has 0 aliphatic heterocycles. The highest BCUT2D eigenvalue weighted by atomic mass is 14.0. The predicted molar refractivity (Wildman–Crippen MR) is 51.3 cm³/mol. The first kappa shape index (κ1) is 10.3. The van der Waals surface area contributed by atoms with Gasteiger partial charge >= 0.3 is 0 Å². The summed E-state index contributed by atoms with van der Waals surface area (Å²) in [6.07, 6.45) is 10.8. The minimum atomic E-state index is 0.562. The Bertz CT molecular complexity index is 157. The zero-order valence-electron chi connectivity index (χ0n) is 7.85. The lowest BCUT2D eigenvalue weighted by Gasteiger charge is -2.07. The maximum atomic E-state index is 5.22. The van der Waals surface area contributed by atoms with Crippen LogP contribution in [0.1, 0.15) is 40.0 Å². The van der Waals surface area contributed by atoms with Gasteiger partial charge in [0.25, 0.3) is 0 Å². The average molecular weight is 150 g/mol. The summed E-state index contributed by atoms with van der Waals surface area (Å²) in [6, 6.07) is 0. The summed E-state index contributed by atoms with van der Waals surface area (Å²) < 4.78 is 0. The highest BCUT2D eigenvalue weighted by Crippen LogP contribution is 2.13. The lowest BCUT2D eigenvalue weighted by atomic mass is 9.98. The predicted octanol–water partition coefficient (Wildman–Crippen LogP) is 3.39. The Labute approximate surface area is 70.7 Å². The van der Waals surface area contributed by atoms with Gasteiger partial charge in [0.05, 0.1) is 0 Å². The van der Waals surface area contributed by atoms with Crippen molar-refractivity contribution >= 4 is 0 Å². The first-order valence-electron chi connectivity index (χ1n) is 4.32. The van der Waals surface area contributed by atoms with Gasteiger partial charge in [0.1, 0.15) is 0 Å². The molecule has 62 valence electrons. The van der Waals surface area contributed by atoms with Crippen LogP contribution in [0.2, 0.25) is 0 Å². The zero-order chi connectivity index (χ0) is 8.69. The Balaban J connectivity index is 3.81. The smallest absolute Gasteiger partial charge is 0.0149 e. The van der Waals surface area contributed by atoms with E-state index in [9.17, 15) is 0 Å². The van der Waals surface area contributed by atoms with Crippen LogP contribution in [0.5, 0.6) is 0 Å². The van der Waals surface area contributed by atoms with Crippen LogP contribution in [-0.4, -0.2) is 0 Å². The average Bonchev–Trinajstić information content (AvgIpc) is 2.00. The minimum Gasteiger partial charge on any atom is -0.120 e. The second-order valence-corrected chi connectivity index (χ2v) is 3.05. The van der Waals surface area contributed by atoms with Crippen LogP contribution in [-0.2, 0) is 0 Å². The van der Waals surface area contributed by atoms with E-state index in [1.54, 1.807) is 0 Å². The van der Waals surface area contributed by atoms with Crippen molar-refractivity contribution in [2.45, 2.75) is 40.0 Å². The van der Waals surface area contributed by atoms with E-state index in [1.165, 1.54) is 18.4 Å². The SMILES string of the molecule is C#CCC(C)C(C)=CCCC. The number of hydrogen-bond acceptors (Lipinski definition) is 0. The molecular formula is C11H18. The molecule has 0 saturated carbocycles. The van der Waals surface area contributed by atoms with E-state index in [2.05, 4.69) is 32.8 Å². The summed E-state index contributed by atoms with van der Waals surface area (Å²) in [6.45, 7) is 6.54. The Morgan fingerprint density at radius 1 is 1.64 bits per heavy atom. The van der Waals surface area contributed by atoms with E-state index in [0.717, 1.165) is 6.42 Å². The quantitative estimate of drug-likeness (QED) is 0.425. The Morgan fingerprint density at radius 2 is 2.27 bits per heavy atom. The zero-order valence-corrected chi connectivity index (χ0v) is 7.85. The van der Waals surface area contributed by atoms with Crippen molar-refractivity contribution in [3.05, 3.63) is 11.6 Å². The maximum absolute atomic E-state index is 5.22. The van der Waals surface area contributed by atoms with Crippen LogP contribution in [0.15, 0.2) is 11.6 Å². The monoisotopic (exact) mass is 150 g/mol. The fraction of sp³-hybridized carbons (Fsp3) is 0.636. The van der Waals surface area contributed by atoms with Crippen LogP contribution < -0.4 is 0 Å². The van der Waals surface area contributed by atoms with Gasteiger partial charge in [-0.15, -0.1) is 12.3 Å². The van der Waals surface area contributed by atoms with Gasteiger partial charge in [-0.2, -0.15) is 0 Å². The van der Waals surface area contributed by atoms with Gasteiger partial charge < -0.3 is 0 Å². The molecule has 0 aromatic heterocycles. The minimum absolute atomic E-state index is 0.562.